The summed E-state index contributed by atoms with van der Waals surface area (Å²) in [5, 5.41) is 17.0. The molecule has 0 aliphatic carbocycles. The van der Waals surface area contributed by atoms with E-state index in [9.17, 15) is 14.9 Å². The molecule has 0 spiro atoms. The Balaban J connectivity index is 0.00000200. The summed E-state index contributed by atoms with van der Waals surface area (Å²) in [6.07, 6.45) is 1.83. The fourth-order valence-electron chi connectivity index (χ4n) is 2.12. The van der Waals surface area contributed by atoms with Crippen LogP contribution in [0.1, 0.15) is 23.2 Å². The highest BCUT2D eigenvalue weighted by atomic mass is 35.5. The number of nitrogens with one attached hydrogen (secondary N) is 2. The van der Waals surface area contributed by atoms with Gasteiger partial charge in [-0.05, 0) is 25.5 Å². The van der Waals surface area contributed by atoms with Gasteiger partial charge in [0, 0.05) is 18.7 Å². The van der Waals surface area contributed by atoms with Crippen LogP contribution in [0.25, 0.3) is 0 Å². The van der Waals surface area contributed by atoms with E-state index in [0.717, 1.165) is 19.4 Å². The van der Waals surface area contributed by atoms with Gasteiger partial charge in [-0.3, -0.25) is 14.9 Å². The number of hydrogen-bond donors (Lipinski definition) is 2. The van der Waals surface area contributed by atoms with Crippen molar-refractivity contribution >= 4 is 35.6 Å². The van der Waals surface area contributed by atoms with Crippen molar-refractivity contribution in [3.8, 4) is 0 Å². The van der Waals surface area contributed by atoms with Crippen LogP contribution < -0.4 is 10.6 Å². The molecule has 1 saturated heterocycles. The third-order valence-corrected chi connectivity index (χ3v) is 3.36. The zero-order chi connectivity index (χ0) is 13.8. The molecule has 110 valence electrons. The number of nitro groups is 1. The van der Waals surface area contributed by atoms with Crippen LogP contribution in [0.2, 0.25) is 5.02 Å². The molecule has 1 fully saturated rings. The van der Waals surface area contributed by atoms with E-state index < -0.39 is 10.8 Å². The summed E-state index contributed by atoms with van der Waals surface area (Å²) in [5.41, 5.74) is -0.339. The first-order chi connectivity index (χ1) is 9.09. The highest BCUT2D eigenvalue weighted by Gasteiger charge is 2.25. The number of piperidine rings is 1. The zero-order valence-electron chi connectivity index (χ0n) is 10.6. The number of nitrogens with zero attached hydrogens (tertiary/aromatic N) is 1. The highest BCUT2D eigenvalue weighted by molar-refractivity contribution is 6.34. The second kappa shape index (κ2) is 7.42. The van der Waals surface area contributed by atoms with Gasteiger partial charge in [-0.25, -0.2) is 0 Å². The molecule has 1 aromatic rings. The minimum Gasteiger partial charge on any atom is -0.348 e. The largest absolute Gasteiger partial charge is 0.348 e. The molecule has 20 heavy (non-hydrogen) atoms. The first kappa shape index (κ1) is 16.7. The molecule has 6 nitrogen and oxygen atoms in total. The Labute approximate surface area is 127 Å². The molecule has 1 aromatic carbocycles. The molecule has 0 bridgehead atoms. The summed E-state index contributed by atoms with van der Waals surface area (Å²) in [4.78, 5) is 22.5. The van der Waals surface area contributed by atoms with Gasteiger partial charge in [0.25, 0.3) is 11.6 Å². The Bertz CT molecular complexity index is 505. The lowest BCUT2D eigenvalue weighted by Crippen LogP contribution is -2.45. The van der Waals surface area contributed by atoms with E-state index >= 15 is 0 Å². The smallest absolute Gasteiger partial charge is 0.283 e. The monoisotopic (exact) mass is 319 g/mol. The van der Waals surface area contributed by atoms with Crippen LogP contribution in [0.3, 0.4) is 0 Å². The van der Waals surface area contributed by atoms with Crippen molar-refractivity contribution in [1.29, 1.82) is 0 Å². The van der Waals surface area contributed by atoms with Gasteiger partial charge in [-0.15, -0.1) is 12.4 Å². The van der Waals surface area contributed by atoms with E-state index in [-0.39, 0.29) is 34.7 Å². The third-order valence-electron chi connectivity index (χ3n) is 3.05. The summed E-state index contributed by atoms with van der Waals surface area (Å²) < 4.78 is 0. The van der Waals surface area contributed by atoms with Crippen molar-refractivity contribution in [2.24, 2.45) is 0 Å². The van der Waals surface area contributed by atoms with Crippen LogP contribution in [0.4, 0.5) is 5.69 Å². The van der Waals surface area contributed by atoms with E-state index in [1.165, 1.54) is 18.2 Å². The minimum atomic E-state index is -0.597. The number of rotatable bonds is 3. The van der Waals surface area contributed by atoms with Gasteiger partial charge < -0.3 is 10.6 Å². The number of carbonyl (C=O) groups excluding carboxylic acids is 1. The first-order valence-electron chi connectivity index (χ1n) is 6.04. The Morgan fingerprint density at radius 1 is 1.50 bits per heavy atom. The van der Waals surface area contributed by atoms with Crippen LogP contribution in [-0.4, -0.2) is 30.0 Å². The van der Waals surface area contributed by atoms with Gasteiger partial charge in [-0.2, -0.15) is 0 Å². The molecule has 1 atom stereocenters. The van der Waals surface area contributed by atoms with Crippen molar-refractivity contribution < 1.29 is 9.72 Å². The number of hydrogen-bond acceptors (Lipinski definition) is 4. The lowest BCUT2D eigenvalue weighted by atomic mass is 10.1. The summed E-state index contributed by atoms with van der Waals surface area (Å²) in [5.74, 6) is -0.494. The van der Waals surface area contributed by atoms with Crippen molar-refractivity contribution in [3.63, 3.8) is 0 Å². The second-order valence-electron chi connectivity index (χ2n) is 4.41. The molecule has 0 radical (unpaired) electrons. The molecule has 0 aromatic heterocycles. The summed E-state index contributed by atoms with van der Waals surface area (Å²) in [6.45, 7) is 1.60. The van der Waals surface area contributed by atoms with Crippen molar-refractivity contribution in [2.45, 2.75) is 18.9 Å². The number of benzene rings is 1. The van der Waals surface area contributed by atoms with Gasteiger partial charge in [-0.1, -0.05) is 17.7 Å². The molecule has 1 unspecified atom stereocenters. The van der Waals surface area contributed by atoms with Crippen LogP contribution in [0.5, 0.6) is 0 Å². The molecule has 2 N–H and O–H groups in total. The molecular formula is C12H15Cl2N3O3. The van der Waals surface area contributed by atoms with Gasteiger partial charge in [0.05, 0.1) is 9.95 Å². The van der Waals surface area contributed by atoms with Gasteiger partial charge in [0.1, 0.15) is 5.56 Å². The third kappa shape index (κ3) is 3.82. The topological polar surface area (TPSA) is 84.3 Å². The summed E-state index contributed by atoms with van der Waals surface area (Å²) >= 11 is 5.91. The summed E-state index contributed by atoms with van der Waals surface area (Å²) in [7, 11) is 0. The number of carbonyl (C=O) groups is 1. The van der Waals surface area contributed by atoms with Crippen LogP contribution in [0, 0.1) is 10.1 Å². The molecule has 1 amide bonds. The number of halogens is 2. The SMILES string of the molecule is Cl.O=C(NC1CCCNC1)c1c(Cl)cccc1[N+](=O)[O-]. The van der Waals surface area contributed by atoms with Crippen LogP contribution in [0.15, 0.2) is 18.2 Å². The lowest BCUT2D eigenvalue weighted by Gasteiger charge is -2.23. The standard InChI is InChI=1S/C12H14ClN3O3.ClH/c13-9-4-1-5-10(16(18)19)11(9)12(17)15-8-3-2-6-14-7-8;/h1,4-5,8,14H,2-3,6-7H2,(H,15,17);1H. The van der Waals surface area contributed by atoms with Gasteiger partial charge >= 0.3 is 0 Å². The van der Waals surface area contributed by atoms with Crippen LogP contribution in [-0.2, 0) is 0 Å². The predicted molar refractivity (Wildman–Crippen MR) is 78.7 cm³/mol. The molecule has 0 saturated carbocycles. The van der Waals surface area contributed by atoms with E-state index in [1.54, 1.807) is 0 Å². The highest BCUT2D eigenvalue weighted by Crippen LogP contribution is 2.26. The van der Waals surface area contributed by atoms with Crippen molar-refractivity contribution in [1.82, 2.24) is 10.6 Å². The second-order valence-corrected chi connectivity index (χ2v) is 4.82. The maximum absolute atomic E-state index is 12.1. The molecule has 1 aliphatic rings. The minimum absolute atomic E-state index is 0. The van der Waals surface area contributed by atoms with E-state index in [2.05, 4.69) is 10.6 Å². The zero-order valence-corrected chi connectivity index (χ0v) is 12.2. The maximum Gasteiger partial charge on any atom is 0.283 e. The van der Waals surface area contributed by atoms with E-state index in [0.29, 0.717) is 6.54 Å². The van der Waals surface area contributed by atoms with Crippen molar-refractivity contribution in [2.75, 3.05) is 13.1 Å². The Morgan fingerprint density at radius 2 is 2.25 bits per heavy atom. The Kier molecular flexibility index (Phi) is 6.19. The first-order valence-corrected chi connectivity index (χ1v) is 6.42. The van der Waals surface area contributed by atoms with E-state index in [1.807, 2.05) is 0 Å². The van der Waals surface area contributed by atoms with Crippen molar-refractivity contribution in [3.05, 3.63) is 38.9 Å². The average Bonchev–Trinajstić information content (AvgIpc) is 2.39. The molecule has 1 aliphatic heterocycles. The van der Waals surface area contributed by atoms with Gasteiger partial charge in [0.2, 0.25) is 0 Å². The molecule has 8 heteroatoms. The number of amides is 1. The fraction of sp³-hybridized carbons (Fsp3) is 0.417. The molecule has 2 rings (SSSR count). The fourth-order valence-corrected chi connectivity index (χ4v) is 2.38. The molecular weight excluding hydrogens is 305 g/mol. The predicted octanol–water partition coefficient (Wildman–Crippen LogP) is 2.15. The summed E-state index contributed by atoms with van der Waals surface area (Å²) in [6, 6.07) is 4.19. The average molecular weight is 320 g/mol. The normalized spacial score (nSPS) is 17.9. The van der Waals surface area contributed by atoms with Crippen LogP contribution >= 0.6 is 24.0 Å². The Hall–Kier alpha value is -1.37. The maximum atomic E-state index is 12.1. The van der Waals surface area contributed by atoms with E-state index in [4.69, 9.17) is 11.6 Å². The Morgan fingerprint density at radius 3 is 2.85 bits per heavy atom. The lowest BCUT2D eigenvalue weighted by molar-refractivity contribution is -0.385. The number of nitro benzene ring substituents is 1. The molecule has 1 heterocycles. The quantitative estimate of drug-likeness (QED) is 0.660. The van der Waals surface area contributed by atoms with Gasteiger partial charge in [0.15, 0.2) is 0 Å².